The Morgan fingerprint density at radius 3 is 2.57 bits per heavy atom. The molecule has 0 atom stereocenters. The lowest BCUT2D eigenvalue weighted by Gasteiger charge is -2.37. The van der Waals surface area contributed by atoms with E-state index in [0.29, 0.717) is 6.54 Å². The van der Waals surface area contributed by atoms with Gasteiger partial charge in [0.1, 0.15) is 0 Å². The van der Waals surface area contributed by atoms with Crippen LogP contribution in [0.3, 0.4) is 0 Å². The number of carbonyl (C=O) groups is 1. The maximum atomic E-state index is 13.0. The Hall–Kier alpha value is -1.43. The minimum absolute atomic E-state index is 0.282. The fourth-order valence-electron chi connectivity index (χ4n) is 4.95. The van der Waals surface area contributed by atoms with Crippen molar-refractivity contribution in [3.05, 3.63) is 45.4 Å². The van der Waals surface area contributed by atoms with Crippen LogP contribution in [0, 0.1) is 13.8 Å². The molecule has 2 aliphatic rings. The normalized spacial score (nSPS) is 19.5. The van der Waals surface area contributed by atoms with E-state index in [1.807, 2.05) is 11.3 Å². The Labute approximate surface area is 173 Å². The van der Waals surface area contributed by atoms with Crippen LogP contribution in [0.5, 0.6) is 0 Å². The van der Waals surface area contributed by atoms with Gasteiger partial charge in [-0.25, -0.2) is 0 Å². The summed E-state index contributed by atoms with van der Waals surface area (Å²) in [6.45, 7) is 10.0. The van der Waals surface area contributed by atoms with Gasteiger partial charge in [0, 0.05) is 60.6 Å². The molecule has 0 unspecified atom stereocenters. The second-order valence-corrected chi connectivity index (χ2v) is 9.47. The van der Waals surface area contributed by atoms with Crippen molar-refractivity contribution in [1.82, 2.24) is 14.4 Å². The van der Waals surface area contributed by atoms with Crippen molar-refractivity contribution in [3.63, 3.8) is 0 Å². The third-order valence-corrected chi connectivity index (χ3v) is 7.59. The van der Waals surface area contributed by atoms with E-state index in [0.717, 1.165) is 56.4 Å². The highest BCUT2D eigenvalue weighted by Gasteiger charge is 2.27. The first kappa shape index (κ1) is 19.9. The summed E-state index contributed by atoms with van der Waals surface area (Å²) in [7, 11) is 0. The van der Waals surface area contributed by atoms with Crippen LogP contribution in [-0.4, -0.2) is 58.9 Å². The first-order valence-corrected chi connectivity index (χ1v) is 11.7. The van der Waals surface area contributed by atoms with Gasteiger partial charge in [-0.05, 0) is 50.6 Å². The third kappa shape index (κ3) is 4.42. The summed E-state index contributed by atoms with van der Waals surface area (Å²) in [5.74, 6) is 0.282. The van der Waals surface area contributed by atoms with Crippen molar-refractivity contribution in [3.8, 4) is 0 Å². The Morgan fingerprint density at radius 2 is 1.89 bits per heavy atom. The average molecular weight is 400 g/mol. The van der Waals surface area contributed by atoms with E-state index in [4.69, 9.17) is 0 Å². The Bertz CT molecular complexity index is 781. The molecule has 28 heavy (non-hydrogen) atoms. The number of piperazine rings is 1. The quantitative estimate of drug-likeness (QED) is 0.655. The van der Waals surface area contributed by atoms with Gasteiger partial charge in [-0.2, -0.15) is 0 Å². The van der Waals surface area contributed by atoms with Crippen molar-refractivity contribution in [1.29, 1.82) is 0 Å². The molecule has 5 heteroatoms. The molecule has 1 aliphatic heterocycles. The second-order valence-electron chi connectivity index (χ2n) is 8.44. The van der Waals surface area contributed by atoms with E-state index in [1.165, 1.54) is 36.3 Å². The Balaban J connectivity index is 1.32. The summed E-state index contributed by atoms with van der Waals surface area (Å²) >= 11 is 1.81. The molecule has 0 radical (unpaired) electrons. The highest BCUT2D eigenvalue weighted by atomic mass is 32.1. The summed E-state index contributed by atoms with van der Waals surface area (Å²) in [4.78, 5) is 19.4. The van der Waals surface area contributed by atoms with Crippen LogP contribution < -0.4 is 0 Å². The Morgan fingerprint density at radius 1 is 1.14 bits per heavy atom. The number of aromatic nitrogens is 1. The van der Waals surface area contributed by atoms with Crippen LogP contribution in [0.4, 0.5) is 0 Å². The summed E-state index contributed by atoms with van der Waals surface area (Å²) in [5.41, 5.74) is 3.24. The third-order valence-electron chi connectivity index (χ3n) is 6.65. The first-order valence-electron chi connectivity index (χ1n) is 10.8. The summed E-state index contributed by atoms with van der Waals surface area (Å²) in [5, 5.41) is 2.13. The molecule has 2 aromatic heterocycles. The van der Waals surface area contributed by atoms with Crippen LogP contribution >= 0.6 is 11.3 Å². The zero-order valence-electron chi connectivity index (χ0n) is 17.3. The lowest BCUT2D eigenvalue weighted by atomic mass is 10.1. The smallest absolute Gasteiger partial charge is 0.178 e. The van der Waals surface area contributed by atoms with Crippen LogP contribution in [0.2, 0.25) is 0 Å². The van der Waals surface area contributed by atoms with E-state index < -0.39 is 0 Å². The van der Waals surface area contributed by atoms with Crippen LogP contribution in [0.25, 0.3) is 0 Å². The van der Waals surface area contributed by atoms with E-state index in [1.54, 1.807) is 0 Å². The predicted molar refractivity (Wildman–Crippen MR) is 117 cm³/mol. The molecule has 1 saturated carbocycles. The van der Waals surface area contributed by atoms with Gasteiger partial charge in [-0.3, -0.25) is 14.6 Å². The maximum absolute atomic E-state index is 13.0. The molecule has 152 valence electrons. The predicted octanol–water partition coefficient (Wildman–Crippen LogP) is 4.15. The standard InChI is InChI=1S/C23H33N3OS/c1-18-16-22(19(2)26(18)10-9-21-8-5-15-28-21)23(27)17-24-11-13-25(14-12-24)20-6-3-4-7-20/h5,8,15-16,20H,3-4,6-7,9-14,17H2,1-2H3. The van der Waals surface area contributed by atoms with Gasteiger partial charge in [-0.15, -0.1) is 11.3 Å². The zero-order chi connectivity index (χ0) is 19.5. The van der Waals surface area contributed by atoms with Crippen LogP contribution in [0.15, 0.2) is 23.6 Å². The molecule has 0 aromatic carbocycles. The van der Waals surface area contributed by atoms with E-state index in [-0.39, 0.29) is 5.78 Å². The molecule has 0 amide bonds. The van der Waals surface area contributed by atoms with Crippen molar-refractivity contribution in [2.75, 3.05) is 32.7 Å². The van der Waals surface area contributed by atoms with Crippen molar-refractivity contribution in [2.45, 2.75) is 58.5 Å². The fraction of sp³-hybridized carbons (Fsp3) is 0.609. The van der Waals surface area contributed by atoms with Gasteiger partial charge < -0.3 is 4.57 Å². The lowest BCUT2D eigenvalue weighted by molar-refractivity contribution is 0.0774. The van der Waals surface area contributed by atoms with Gasteiger partial charge in [0.25, 0.3) is 0 Å². The molecular weight excluding hydrogens is 366 g/mol. The number of Topliss-reactive ketones (excluding diaryl/α,β-unsaturated/α-hetero) is 1. The van der Waals surface area contributed by atoms with Gasteiger partial charge >= 0.3 is 0 Å². The highest BCUT2D eigenvalue weighted by Crippen LogP contribution is 2.24. The lowest BCUT2D eigenvalue weighted by Crippen LogP contribution is -2.50. The number of rotatable bonds is 7. The summed E-state index contributed by atoms with van der Waals surface area (Å²) in [6, 6.07) is 7.20. The average Bonchev–Trinajstić information content (AvgIpc) is 3.44. The molecule has 0 bridgehead atoms. The summed E-state index contributed by atoms with van der Waals surface area (Å²) < 4.78 is 2.31. The molecule has 4 nitrogen and oxygen atoms in total. The highest BCUT2D eigenvalue weighted by molar-refractivity contribution is 7.09. The molecule has 3 heterocycles. The van der Waals surface area contributed by atoms with Crippen LogP contribution in [0.1, 0.15) is 52.3 Å². The number of thiophene rings is 1. The van der Waals surface area contributed by atoms with E-state index >= 15 is 0 Å². The monoisotopic (exact) mass is 399 g/mol. The van der Waals surface area contributed by atoms with E-state index in [2.05, 4.69) is 51.8 Å². The molecule has 2 fully saturated rings. The Kier molecular flexibility index (Phi) is 6.34. The minimum atomic E-state index is 0.282. The number of hydrogen-bond acceptors (Lipinski definition) is 4. The van der Waals surface area contributed by atoms with Crippen molar-refractivity contribution < 1.29 is 4.79 Å². The number of carbonyl (C=O) groups excluding carboxylic acids is 1. The second kappa shape index (κ2) is 8.93. The molecule has 2 aromatic rings. The maximum Gasteiger partial charge on any atom is 0.178 e. The molecule has 1 aliphatic carbocycles. The van der Waals surface area contributed by atoms with Crippen molar-refractivity contribution >= 4 is 17.1 Å². The van der Waals surface area contributed by atoms with Gasteiger partial charge in [0.15, 0.2) is 5.78 Å². The largest absolute Gasteiger partial charge is 0.348 e. The molecule has 0 N–H and O–H groups in total. The molecule has 1 saturated heterocycles. The van der Waals surface area contributed by atoms with E-state index in [9.17, 15) is 4.79 Å². The van der Waals surface area contributed by atoms with Crippen molar-refractivity contribution in [2.24, 2.45) is 0 Å². The minimum Gasteiger partial charge on any atom is -0.348 e. The zero-order valence-corrected chi connectivity index (χ0v) is 18.1. The van der Waals surface area contributed by atoms with Gasteiger partial charge in [0.2, 0.25) is 0 Å². The molecule has 0 spiro atoms. The van der Waals surface area contributed by atoms with Gasteiger partial charge in [-0.1, -0.05) is 18.9 Å². The molecular formula is C23H33N3OS. The van der Waals surface area contributed by atoms with Gasteiger partial charge in [0.05, 0.1) is 6.54 Å². The number of hydrogen-bond donors (Lipinski definition) is 0. The fourth-order valence-corrected chi connectivity index (χ4v) is 5.65. The number of nitrogens with zero attached hydrogens (tertiary/aromatic N) is 3. The number of ketones is 1. The summed E-state index contributed by atoms with van der Waals surface area (Å²) in [6.07, 6.45) is 6.56. The van der Waals surface area contributed by atoms with Crippen LogP contribution in [-0.2, 0) is 13.0 Å². The topological polar surface area (TPSA) is 28.5 Å². The molecule has 4 rings (SSSR count). The number of aryl methyl sites for hydroxylation is 2. The first-order chi connectivity index (χ1) is 13.6. The SMILES string of the molecule is Cc1cc(C(=O)CN2CCN(C3CCCC3)CC2)c(C)n1CCc1cccs1.